The van der Waals surface area contributed by atoms with Crippen LogP contribution in [0.2, 0.25) is 0 Å². The average Bonchev–Trinajstić information content (AvgIpc) is 3.46. The zero-order valence-corrected chi connectivity index (χ0v) is 24.4. The van der Waals surface area contributed by atoms with Crippen LogP contribution < -0.4 is 15.0 Å². The Hall–Kier alpha value is -5.20. The SMILES string of the molecule is COC(=O)NC1(c2cccnc2OC)CCCN(c2cnc(-c3ccc(F)c(F)c3)cc2Cn2cnc3c(C)ncnc32)C1. The number of aromatic nitrogens is 6. The Morgan fingerprint density at radius 2 is 1.93 bits per heavy atom. The van der Waals surface area contributed by atoms with Crippen molar-refractivity contribution in [3.8, 4) is 17.1 Å². The molecule has 13 heteroatoms. The summed E-state index contributed by atoms with van der Waals surface area (Å²) in [6.45, 7) is 3.24. The van der Waals surface area contributed by atoms with E-state index in [0.717, 1.165) is 34.6 Å². The van der Waals surface area contributed by atoms with E-state index >= 15 is 0 Å². The maximum Gasteiger partial charge on any atom is 0.407 e. The van der Waals surface area contributed by atoms with Crippen LogP contribution in [-0.4, -0.2) is 62.9 Å². The number of halogens is 2. The molecule has 226 valence electrons. The number of carbonyl (C=O) groups excluding carboxylic acids is 1. The third-order valence-electron chi connectivity index (χ3n) is 7.95. The van der Waals surface area contributed by atoms with Gasteiger partial charge in [-0.1, -0.05) is 0 Å². The summed E-state index contributed by atoms with van der Waals surface area (Å²) in [4.78, 5) is 37.1. The summed E-state index contributed by atoms with van der Waals surface area (Å²) in [7, 11) is 2.86. The molecule has 1 aliphatic rings. The second kappa shape index (κ2) is 11.8. The zero-order chi connectivity index (χ0) is 30.8. The van der Waals surface area contributed by atoms with Gasteiger partial charge in [-0.05, 0) is 61.7 Å². The lowest BCUT2D eigenvalue weighted by Crippen LogP contribution is -2.57. The molecule has 1 unspecified atom stereocenters. The highest BCUT2D eigenvalue weighted by Gasteiger charge is 2.42. The van der Waals surface area contributed by atoms with Crippen LogP contribution in [0.4, 0.5) is 19.3 Å². The van der Waals surface area contributed by atoms with E-state index in [2.05, 4.69) is 35.1 Å². The van der Waals surface area contributed by atoms with Crippen LogP contribution in [0.1, 0.15) is 29.7 Å². The van der Waals surface area contributed by atoms with Gasteiger partial charge in [0, 0.05) is 30.4 Å². The Kier molecular flexibility index (Phi) is 7.77. The smallest absolute Gasteiger partial charge is 0.407 e. The molecule has 5 heterocycles. The predicted molar refractivity (Wildman–Crippen MR) is 158 cm³/mol. The van der Waals surface area contributed by atoms with Crippen LogP contribution in [-0.2, 0) is 16.8 Å². The van der Waals surface area contributed by atoms with E-state index in [4.69, 9.17) is 9.47 Å². The minimum Gasteiger partial charge on any atom is -0.481 e. The number of nitrogens with one attached hydrogen (secondary N) is 1. The van der Waals surface area contributed by atoms with Gasteiger partial charge in [-0.2, -0.15) is 0 Å². The number of alkyl carbamates (subject to hydrolysis) is 1. The van der Waals surface area contributed by atoms with Gasteiger partial charge in [-0.3, -0.25) is 4.98 Å². The van der Waals surface area contributed by atoms with Gasteiger partial charge in [0.2, 0.25) is 5.88 Å². The Morgan fingerprint density at radius 3 is 2.73 bits per heavy atom. The van der Waals surface area contributed by atoms with Gasteiger partial charge in [0.1, 0.15) is 11.8 Å². The van der Waals surface area contributed by atoms with E-state index in [0.29, 0.717) is 60.8 Å². The van der Waals surface area contributed by atoms with Crippen LogP contribution in [0.5, 0.6) is 5.88 Å². The average molecular weight is 601 g/mol. The summed E-state index contributed by atoms with van der Waals surface area (Å²) in [5.74, 6) is -1.49. The molecule has 1 amide bonds. The van der Waals surface area contributed by atoms with Gasteiger partial charge >= 0.3 is 6.09 Å². The number of benzene rings is 1. The normalized spacial score (nSPS) is 16.6. The molecular formula is C31H30F2N8O3. The Balaban J connectivity index is 1.46. The van der Waals surface area contributed by atoms with Crippen LogP contribution in [0.3, 0.4) is 0 Å². The summed E-state index contributed by atoms with van der Waals surface area (Å²) < 4.78 is 40.5. The van der Waals surface area contributed by atoms with Crippen molar-refractivity contribution >= 4 is 22.9 Å². The third-order valence-corrected chi connectivity index (χ3v) is 7.95. The van der Waals surface area contributed by atoms with E-state index < -0.39 is 23.3 Å². The number of hydrogen-bond donors (Lipinski definition) is 1. The number of fused-ring (bicyclic) bond motifs is 1. The number of pyridine rings is 2. The fourth-order valence-electron chi connectivity index (χ4n) is 5.83. The van der Waals surface area contributed by atoms with Crippen LogP contribution in [0, 0.1) is 18.6 Å². The lowest BCUT2D eigenvalue weighted by atomic mass is 9.82. The van der Waals surface area contributed by atoms with E-state index in [-0.39, 0.29) is 0 Å². The Bertz CT molecular complexity index is 1850. The Morgan fingerprint density at radius 1 is 1.07 bits per heavy atom. The lowest BCUT2D eigenvalue weighted by molar-refractivity contribution is 0.148. The lowest BCUT2D eigenvalue weighted by Gasteiger charge is -2.44. The van der Waals surface area contributed by atoms with Gasteiger partial charge in [-0.25, -0.2) is 33.5 Å². The van der Waals surface area contributed by atoms with E-state index in [1.165, 1.54) is 26.6 Å². The number of carbonyl (C=O) groups is 1. The van der Waals surface area contributed by atoms with Gasteiger partial charge < -0.3 is 24.3 Å². The standard InChI is InChI=1S/C31H30F2N8O3/c1-19-27-28(37-17-36-19)41(18-38-27)15-21-13-25(20-7-8-23(32)24(33)12-20)35-14-26(21)40-11-5-9-31(16-40,39-30(42)44-3)22-6-4-10-34-29(22)43-2/h4,6-8,10,12-14,17-18H,5,9,11,15-16H2,1-3H3,(H,39,42). The molecule has 1 saturated heterocycles. The minimum absolute atomic E-state index is 0.353. The number of aryl methyl sites for hydroxylation is 1. The first kappa shape index (κ1) is 28.9. The highest BCUT2D eigenvalue weighted by atomic mass is 19.2. The first-order valence-electron chi connectivity index (χ1n) is 14.0. The molecule has 0 bridgehead atoms. The van der Waals surface area contributed by atoms with Crippen molar-refractivity contribution in [3.63, 3.8) is 0 Å². The van der Waals surface area contributed by atoms with Crippen molar-refractivity contribution in [2.24, 2.45) is 0 Å². The van der Waals surface area contributed by atoms with Crippen molar-refractivity contribution in [2.75, 3.05) is 32.2 Å². The molecule has 6 rings (SSSR count). The van der Waals surface area contributed by atoms with Crippen LogP contribution in [0.25, 0.3) is 22.4 Å². The molecule has 1 N–H and O–H groups in total. The van der Waals surface area contributed by atoms with Crippen molar-refractivity contribution in [1.82, 2.24) is 34.8 Å². The van der Waals surface area contributed by atoms with Gasteiger partial charge in [0.15, 0.2) is 17.3 Å². The monoisotopic (exact) mass is 600 g/mol. The summed E-state index contributed by atoms with van der Waals surface area (Å²) in [6, 6.07) is 9.25. The number of nitrogens with zero attached hydrogens (tertiary/aromatic N) is 7. The number of methoxy groups -OCH3 is 2. The first-order valence-corrected chi connectivity index (χ1v) is 14.0. The summed E-state index contributed by atoms with van der Waals surface area (Å²) in [5, 5.41) is 3.06. The molecule has 11 nitrogen and oxygen atoms in total. The third kappa shape index (κ3) is 5.36. The maximum atomic E-state index is 14.2. The molecule has 4 aromatic heterocycles. The van der Waals surface area contributed by atoms with Crippen LogP contribution in [0.15, 0.2) is 61.4 Å². The topological polar surface area (TPSA) is 120 Å². The highest BCUT2D eigenvalue weighted by Crippen LogP contribution is 2.39. The van der Waals surface area contributed by atoms with Crippen LogP contribution >= 0.6 is 0 Å². The maximum absolute atomic E-state index is 14.2. The zero-order valence-electron chi connectivity index (χ0n) is 24.4. The molecule has 1 aliphatic heterocycles. The number of amides is 1. The molecule has 1 aromatic carbocycles. The Labute approximate surface area is 251 Å². The quantitative estimate of drug-likeness (QED) is 0.281. The van der Waals surface area contributed by atoms with Crippen molar-refractivity contribution in [1.29, 1.82) is 0 Å². The molecule has 5 aromatic rings. The fraction of sp³-hybridized carbons (Fsp3) is 0.290. The number of hydrogen-bond acceptors (Lipinski definition) is 9. The molecule has 0 spiro atoms. The number of anilines is 1. The number of rotatable bonds is 7. The second-order valence-electron chi connectivity index (χ2n) is 10.6. The van der Waals surface area contributed by atoms with Crippen molar-refractivity contribution < 1.29 is 23.0 Å². The summed E-state index contributed by atoms with van der Waals surface area (Å²) in [6.07, 6.45) is 7.30. The molecule has 44 heavy (non-hydrogen) atoms. The van der Waals surface area contributed by atoms with Gasteiger partial charge in [0.05, 0.1) is 55.9 Å². The second-order valence-corrected chi connectivity index (χ2v) is 10.6. The number of ether oxygens (including phenoxy) is 2. The number of piperidine rings is 1. The van der Waals surface area contributed by atoms with E-state index in [9.17, 15) is 13.6 Å². The molecule has 1 fully saturated rings. The summed E-state index contributed by atoms with van der Waals surface area (Å²) in [5.41, 5.74) is 4.47. The number of imidazole rings is 1. The van der Waals surface area contributed by atoms with E-state index in [1.807, 2.05) is 23.6 Å². The summed E-state index contributed by atoms with van der Waals surface area (Å²) >= 11 is 0. The molecule has 0 aliphatic carbocycles. The highest BCUT2D eigenvalue weighted by molar-refractivity contribution is 5.73. The molecule has 0 radical (unpaired) electrons. The molecule has 1 atom stereocenters. The first-order chi connectivity index (χ1) is 21.3. The van der Waals surface area contributed by atoms with Gasteiger partial charge in [-0.15, -0.1) is 0 Å². The largest absolute Gasteiger partial charge is 0.481 e. The van der Waals surface area contributed by atoms with Gasteiger partial charge in [0.25, 0.3) is 0 Å². The predicted octanol–water partition coefficient (Wildman–Crippen LogP) is 4.78. The molecular weight excluding hydrogens is 570 g/mol. The van der Waals surface area contributed by atoms with Crippen molar-refractivity contribution in [3.05, 3.63) is 89.9 Å². The molecule has 0 saturated carbocycles. The minimum atomic E-state index is -0.956. The van der Waals surface area contributed by atoms with Crippen molar-refractivity contribution in [2.45, 2.75) is 31.8 Å². The fourth-order valence-corrected chi connectivity index (χ4v) is 5.83. The van der Waals surface area contributed by atoms with E-state index in [1.54, 1.807) is 24.8 Å².